The molecule has 0 bridgehead atoms. The Morgan fingerprint density at radius 2 is 2.06 bits per heavy atom. The van der Waals surface area contributed by atoms with Crippen molar-refractivity contribution in [2.75, 3.05) is 13.2 Å². The molecule has 0 radical (unpaired) electrons. The maximum atomic E-state index is 9.91. The van der Waals surface area contributed by atoms with Gasteiger partial charge in [0.15, 0.2) is 0 Å². The second-order valence-corrected chi connectivity index (χ2v) is 4.27. The Bertz CT molecular complexity index is 320. The molecule has 1 aromatic carbocycles. The number of aliphatic hydroxyl groups is 2. The lowest BCUT2D eigenvalue weighted by Gasteiger charge is -2.17. The van der Waals surface area contributed by atoms with Gasteiger partial charge >= 0.3 is 0 Å². The first-order valence-corrected chi connectivity index (χ1v) is 5.79. The van der Waals surface area contributed by atoms with E-state index in [4.69, 9.17) is 16.7 Å². The van der Waals surface area contributed by atoms with Gasteiger partial charge < -0.3 is 15.5 Å². The van der Waals surface area contributed by atoms with Crippen LogP contribution < -0.4 is 5.32 Å². The highest BCUT2D eigenvalue weighted by atomic mass is 35.5. The first-order valence-electron chi connectivity index (χ1n) is 5.42. The molecule has 0 aliphatic rings. The monoisotopic (exact) mass is 243 g/mol. The summed E-state index contributed by atoms with van der Waals surface area (Å²) in [5.74, 6) is 0. The van der Waals surface area contributed by atoms with E-state index in [2.05, 4.69) is 5.32 Å². The van der Waals surface area contributed by atoms with Crippen molar-refractivity contribution in [2.45, 2.75) is 25.5 Å². The largest absolute Gasteiger partial charge is 0.396 e. The molecule has 90 valence electrons. The van der Waals surface area contributed by atoms with Gasteiger partial charge in [-0.1, -0.05) is 29.8 Å². The Labute approximate surface area is 101 Å². The van der Waals surface area contributed by atoms with Crippen LogP contribution in [0.15, 0.2) is 24.3 Å². The molecule has 1 aromatic rings. The Balaban J connectivity index is 2.46. The summed E-state index contributed by atoms with van der Waals surface area (Å²) >= 11 is 5.97. The highest BCUT2D eigenvalue weighted by Crippen LogP contribution is 2.21. The molecular formula is C12H18ClNO2. The molecule has 0 saturated heterocycles. The third kappa shape index (κ3) is 4.10. The van der Waals surface area contributed by atoms with Crippen molar-refractivity contribution in [3.63, 3.8) is 0 Å². The van der Waals surface area contributed by atoms with Gasteiger partial charge in [-0.3, -0.25) is 0 Å². The summed E-state index contributed by atoms with van der Waals surface area (Å²) in [4.78, 5) is 0. The van der Waals surface area contributed by atoms with E-state index in [1.54, 1.807) is 6.07 Å². The first-order chi connectivity index (χ1) is 7.65. The smallest absolute Gasteiger partial charge is 0.0928 e. The zero-order valence-electron chi connectivity index (χ0n) is 9.36. The van der Waals surface area contributed by atoms with Gasteiger partial charge in [0.05, 0.1) is 6.10 Å². The fourth-order valence-corrected chi connectivity index (χ4v) is 1.73. The minimum Gasteiger partial charge on any atom is -0.396 e. The molecule has 0 aliphatic heterocycles. The standard InChI is InChI=1S/C12H18ClNO2/c1-9(6-7-15)14-8-12(16)10-4-2-3-5-11(10)13/h2-5,9,12,14-16H,6-8H2,1H3. The predicted molar refractivity (Wildman–Crippen MR) is 65.6 cm³/mol. The zero-order chi connectivity index (χ0) is 12.0. The Morgan fingerprint density at radius 1 is 1.38 bits per heavy atom. The first kappa shape index (κ1) is 13.5. The summed E-state index contributed by atoms with van der Waals surface area (Å²) in [6, 6.07) is 7.44. The lowest BCUT2D eigenvalue weighted by molar-refractivity contribution is 0.167. The number of benzene rings is 1. The van der Waals surface area contributed by atoms with Gasteiger partial charge in [0.1, 0.15) is 0 Å². The SMILES string of the molecule is CC(CCO)NCC(O)c1ccccc1Cl. The van der Waals surface area contributed by atoms with Crippen LogP contribution in [-0.4, -0.2) is 29.4 Å². The molecule has 0 aromatic heterocycles. The van der Waals surface area contributed by atoms with Crippen LogP contribution >= 0.6 is 11.6 Å². The van der Waals surface area contributed by atoms with Gasteiger partial charge in [0.25, 0.3) is 0 Å². The van der Waals surface area contributed by atoms with Gasteiger partial charge in [-0.2, -0.15) is 0 Å². The van der Waals surface area contributed by atoms with E-state index in [9.17, 15) is 5.11 Å². The highest BCUT2D eigenvalue weighted by Gasteiger charge is 2.11. The van der Waals surface area contributed by atoms with Crippen LogP contribution in [-0.2, 0) is 0 Å². The van der Waals surface area contributed by atoms with Crippen molar-refractivity contribution >= 4 is 11.6 Å². The van der Waals surface area contributed by atoms with Gasteiger partial charge in [0, 0.05) is 29.8 Å². The number of hydrogen-bond donors (Lipinski definition) is 3. The van der Waals surface area contributed by atoms with Crippen molar-refractivity contribution in [3.05, 3.63) is 34.9 Å². The van der Waals surface area contributed by atoms with Crippen molar-refractivity contribution < 1.29 is 10.2 Å². The minimum absolute atomic E-state index is 0.149. The molecule has 2 atom stereocenters. The Kier molecular flexibility index (Phi) is 5.77. The maximum Gasteiger partial charge on any atom is 0.0928 e. The van der Waals surface area contributed by atoms with Crippen LogP contribution in [0.5, 0.6) is 0 Å². The lowest BCUT2D eigenvalue weighted by atomic mass is 10.1. The van der Waals surface area contributed by atoms with Crippen molar-refractivity contribution in [1.29, 1.82) is 0 Å². The predicted octanol–water partition coefficient (Wildman–Crippen LogP) is 1.73. The van der Waals surface area contributed by atoms with E-state index >= 15 is 0 Å². The summed E-state index contributed by atoms with van der Waals surface area (Å²) in [6.07, 6.45) is 0.0599. The molecular weight excluding hydrogens is 226 g/mol. The molecule has 16 heavy (non-hydrogen) atoms. The topological polar surface area (TPSA) is 52.5 Å². The van der Waals surface area contributed by atoms with Gasteiger partial charge in [-0.15, -0.1) is 0 Å². The normalized spacial score (nSPS) is 14.8. The molecule has 0 amide bonds. The summed E-state index contributed by atoms with van der Waals surface area (Å²) in [5, 5.41) is 22.4. The molecule has 2 unspecified atom stereocenters. The van der Waals surface area contributed by atoms with Gasteiger partial charge in [-0.05, 0) is 19.4 Å². The van der Waals surface area contributed by atoms with Gasteiger partial charge in [0.2, 0.25) is 0 Å². The van der Waals surface area contributed by atoms with E-state index in [0.29, 0.717) is 18.0 Å². The molecule has 0 fully saturated rings. The van der Waals surface area contributed by atoms with E-state index in [1.165, 1.54) is 0 Å². The average Bonchev–Trinajstić information content (AvgIpc) is 2.27. The fraction of sp³-hybridized carbons (Fsp3) is 0.500. The highest BCUT2D eigenvalue weighted by molar-refractivity contribution is 6.31. The van der Waals surface area contributed by atoms with Crippen LogP contribution in [0.25, 0.3) is 0 Å². The average molecular weight is 244 g/mol. The third-order valence-corrected chi connectivity index (χ3v) is 2.83. The molecule has 0 aliphatic carbocycles. The Hall–Kier alpha value is -0.610. The van der Waals surface area contributed by atoms with E-state index < -0.39 is 6.10 Å². The van der Waals surface area contributed by atoms with Crippen molar-refractivity contribution in [1.82, 2.24) is 5.32 Å². The van der Waals surface area contributed by atoms with E-state index in [0.717, 1.165) is 5.56 Å². The number of rotatable bonds is 6. The summed E-state index contributed by atoms with van der Waals surface area (Å²) in [6.45, 7) is 2.55. The summed E-state index contributed by atoms with van der Waals surface area (Å²) < 4.78 is 0. The molecule has 1 rings (SSSR count). The van der Waals surface area contributed by atoms with Crippen LogP contribution in [0.2, 0.25) is 5.02 Å². The second-order valence-electron chi connectivity index (χ2n) is 3.86. The third-order valence-electron chi connectivity index (χ3n) is 2.49. The second kappa shape index (κ2) is 6.86. The molecule has 0 spiro atoms. The Morgan fingerprint density at radius 3 is 2.69 bits per heavy atom. The van der Waals surface area contributed by atoms with Crippen molar-refractivity contribution in [3.8, 4) is 0 Å². The molecule has 3 nitrogen and oxygen atoms in total. The van der Waals surface area contributed by atoms with Gasteiger partial charge in [-0.25, -0.2) is 0 Å². The number of nitrogens with one attached hydrogen (secondary N) is 1. The minimum atomic E-state index is -0.616. The fourth-order valence-electron chi connectivity index (χ4n) is 1.46. The molecule has 3 N–H and O–H groups in total. The summed E-state index contributed by atoms with van der Waals surface area (Å²) in [5.41, 5.74) is 0.730. The van der Waals surface area contributed by atoms with Crippen LogP contribution in [0, 0.1) is 0 Å². The maximum absolute atomic E-state index is 9.91. The lowest BCUT2D eigenvalue weighted by Crippen LogP contribution is -2.31. The van der Waals surface area contributed by atoms with E-state index in [-0.39, 0.29) is 12.6 Å². The molecule has 0 heterocycles. The van der Waals surface area contributed by atoms with Crippen LogP contribution in [0.3, 0.4) is 0 Å². The number of halogens is 1. The summed E-state index contributed by atoms with van der Waals surface area (Å²) in [7, 11) is 0. The van der Waals surface area contributed by atoms with E-state index in [1.807, 2.05) is 25.1 Å². The molecule has 0 saturated carbocycles. The zero-order valence-corrected chi connectivity index (χ0v) is 10.1. The van der Waals surface area contributed by atoms with Crippen LogP contribution in [0.4, 0.5) is 0 Å². The van der Waals surface area contributed by atoms with Crippen molar-refractivity contribution in [2.24, 2.45) is 0 Å². The number of aliphatic hydroxyl groups excluding tert-OH is 2. The molecule has 4 heteroatoms. The number of hydrogen-bond acceptors (Lipinski definition) is 3. The quantitative estimate of drug-likeness (QED) is 0.713. The van der Waals surface area contributed by atoms with Crippen LogP contribution in [0.1, 0.15) is 25.0 Å².